The molecular formula is C15H18N6O3S. The summed E-state index contributed by atoms with van der Waals surface area (Å²) in [6.07, 6.45) is 2.35. The van der Waals surface area contributed by atoms with E-state index in [1.165, 1.54) is 6.07 Å². The first-order valence-electron chi connectivity index (χ1n) is 7.96. The molecule has 1 aliphatic carbocycles. The minimum absolute atomic E-state index is 0.0112. The van der Waals surface area contributed by atoms with E-state index in [1.54, 1.807) is 18.2 Å². The number of hydrogen-bond donors (Lipinski definition) is 3. The molecule has 1 fully saturated rings. The Hall–Kier alpha value is -2.75. The van der Waals surface area contributed by atoms with Gasteiger partial charge in [-0.2, -0.15) is 5.10 Å². The number of aromatic nitrogens is 3. The topological polar surface area (TPSA) is 118 Å². The van der Waals surface area contributed by atoms with Crippen LogP contribution in [0.15, 0.2) is 24.3 Å². The number of hydrogen-bond acceptors (Lipinski definition) is 6. The minimum Gasteiger partial charge on any atom is -0.379 e. The quantitative estimate of drug-likeness (QED) is 0.377. The molecule has 0 atom stereocenters. The van der Waals surface area contributed by atoms with Gasteiger partial charge < -0.3 is 10.6 Å². The molecule has 0 bridgehead atoms. The van der Waals surface area contributed by atoms with Crippen molar-refractivity contribution in [1.82, 2.24) is 20.1 Å². The van der Waals surface area contributed by atoms with Crippen molar-refractivity contribution in [2.45, 2.75) is 31.8 Å². The van der Waals surface area contributed by atoms with E-state index in [9.17, 15) is 14.9 Å². The highest BCUT2D eigenvalue weighted by Crippen LogP contribution is 2.35. The van der Waals surface area contributed by atoms with Crippen LogP contribution in [-0.4, -0.2) is 32.1 Å². The van der Waals surface area contributed by atoms with Gasteiger partial charge in [0.2, 0.25) is 5.91 Å². The van der Waals surface area contributed by atoms with E-state index in [4.69, 9.17) is 12.2 Å². The Morgan fingerprint density at radius 3 is 2.92 bits per heavy atom. The van der Waals surface area contributed by atoms with Gasteiger partial charge in [-0.15, -0.1) is 0 Å². The fraction of sp³-hybridized carbons (Fsp3) is 0.400. The van der Waals surface area contributed by atoms with E-state index in [-0.39, 0.29) is 18.0 Å². The summed E-state index contributed by atoms with van der Waals surface area (Å²) in [7, 11) is 0. The number of para-hydroxylation sites is 2. The lowest BCUT2D eigenvalue weighted by atomic mass is 10.2. The molecule has 9 nitrogen and oxygen atoms in total. The Balaban J connectivity index is 1.48. The molecule has 0 spiro atoms. The number of nitro benzene ring substituents is 1. The van der Waals surface area contributed by atoms with Gasteiger partial charge in [0.1, 0.15) is 5.69 Å². The second kappa shape index (κ2) is 7.43. The third-order valence-corrected chi connectivity index (χ3v) is 4.19. The monoisotopic (exact) mass is 362 g/mol. The zero-order valence-electron chi connectivity index (χ0n) is 13.4. The molecule has 10 heteroatoms. The van der Waals surface area contributed by atoms with Crippen molar-refractivity contribution in [3.63, 3.8) is 0 Å². The second-order valence-corrected chi connectivity index (χ2v) is 6.16. The van der Waals surface area contributed by atoms with Crippen LogP contribution in [-0.2, 0) is 11.3 Å². The summed E-state index contributed by atoms with van der Waals surface area (Å²) in [6.45, 7) is 0.597. The first-order valence-corrected chi connectivity index (χ1v) is 8.37. The molecule has 0 radical (unpaired) electrons. The Morgan fingerprint density at radius 1 is 1.44 bits per heavy atom. The maximum absolute atomic E-state index is 12.0. The number of benzene rings is 1. The molecular weight excluding hydrogens is 344 g/mol. The average Bonchev–Trinajstić information content (AvgIpc) is 3.36. The predicted molar refractivity (Wildman–Crippen MR) is 93.7 cm³/mol. The van der Waals surface area contributed by atoms with Crippen molar-refractivity contribution in [3.8, 4) is 0 Å². The van der Waals surface area contributed by atoms with Crippen LogP contribution >= 0.6 is 12.2 Å². The van der Waals surface area contributed by atoms with Crippen LogP contribution in [0, 0.1) is 14.9 Å². The van der Waals surface area contributed by atoms with Gasteiger partial charge in [0, 0.05) is 25.1 Å². The summed E-state index contributed by atoms with van der Waals surface area (Å²) in [6, 6.07) is 6.73. The SMILES string of the molecule is O=C(CCNc1ccccc1[N+](=O)[O-])NCc1n[nH]c(=S)n1C1CC1. The molecule has 1 heterocycles. The van der Waals surface area contributed by atoms with Crippen LogP contribution in [0.3, 0.4) is 0 Å². The fourth-order valence-electron chi connectivity index (χ4n) is 2.53. The molecule has 0 saturated heterocycles. The molecule has 132 valence electrons. The van der Waals surface area contributed by atoms with Crippen molar-refractivity contribution in [1.29, 1.82) is 0 Å². The highest BCUT2D eigenvalue weighted by atomic mass is 32.1. The van der Waals surface area contributed by atoms with Crippen LogP contribution in [0.2, 0.25) is 0 Å². The summed E-state index contributed by atoms with van der Waals surface area (Å²) < 4.78 is 2.52. The van der Waals surface area contributed by atoms with Crippen LogP contribution in [0.5, 0.6) is 0 Å². The van der Waals surface area contributed by atoms with E-state index in [2.05, 4.69) is 20.8 Å². The van der Waals surface area contributed by atoms with Gasteiger partial charge in [0.05, 0.1) is 11.5 Å². The summed E-state index contributed by atoms with van der Waals surface area (Å²) in [4.78, 5) is 22.5. The number of nitrogens with one attached hydrogen (secondary N) is 3. The summed E-state index contributed by atoms with van der Waals surface area (Å²) >= 11 is 5.19. The van der Waals surface area contributed by atoms with Gasteiger partial charge in [-0.1, -0.05) is 12.1 Å². The summed E-state index contributed by atoms with van der Waals surface area (Å²) in [5.41, 5.74) is 0.387. The normalized spacial score (nSPS) is 13.4. The number of rotatable bonds is 8. The largest absolute Gasteiger partial charge is 0.379 e. The van der Waals surface area contributed by atoms with Crippen molar-refractivity contribution >= 4 is 29.5 Å². The van der Waals surface area contributed by atoms with Gasteiger partial charge in [-0.05, 0) is 31.1 Å². The molecule has 1 aromatic heterocycles. The Bertz CT molecular complexity index is 842. The second-order valence-electron chi connectivity index (χ2n) is 5.77. The Kier molecular flexibility index (Phi) is 5.08. The minimum atomic E-state index is -0.455. The number of carbonyl (C=O) groups is 1. The number of anilines is 1. The van der Waals surface area contributed by atoms with Crippen LogP contribution in [0.25, 0.3) is 0 Å². The van der Waals surface area contributed by atoms with Crippen LogP contribution in [0.4, 0.5) is 11.4 Å². The molecule has 3 N–H and O–H groups in total. The van der Waals surface area contributed by atoms with E-state index in [1.807, 2.05) is 4.57 Å². The molecule has 25 heavy (non-hydrogen) atoms. The van der Waals surface area contributed by atoms with Gasteiger partial charge in [0.25, 0.3) is 5.69 Å². The Labute approximate surface area is 148 Å². The summed E-state index contributed by atoms with van der Waals surface area (Å²) in [5, 5.41) is 23.6. The van der Waals surface area contributed by atoms with Gasteiger partial charge in [-0.25, -0.2) is 0 Å². The van der Waals surface area contributed by atoms with Gasteiger partial charge in [-0.3, -0.25) is 24.6 Å². The lowest BCUT2D eigenvalue weighted by Crippen LogP contribution is -2.26. The zero-order valence-corrected chi connectivity index (χ0v) is 14.2. The van der Waals surface area contributed by atoms with Gasteiger partial charge in [0.15, 0.2) is 10.6 Å². The van der Waals surface area contributed by atoms with Crippen molar-refractivity contribution in [2.24, 2.45) is 0 Å². The fourth-order valence-corrected chi connectivity index (χ4v) is 2.83. The molecule has 3 rings (SSSR count). The molecule has 1 amide bonds. The van der Waals surface area contributed by atoms with E-state index >= 15 is 0 Å². The summed E-state index contributed by atoms with van der Waals surface area (Å²) in [5.74, 6) is 0.551. The number of amides is 1. The van der Waals surface area contributed by atoms with E-state index in [0.717, 1.165) is 12.8 Å². The molecule has 0 unspecified atom stereocenters. The Morgan fingerprint density at radius 2 is 2.20 bits per heavy atom. The third-order valence-electron chi connectivity index (χ3n) is 3.90. The molecule has 1 aromatic carbocycles. The van der Waals surface area contributed by atoms with Gasteiger partial charge >= 0.3 is 0 Å². The number of H-pyrrole nitrogens is 1. The van der Waals surface area contributed by atoms with E-state index < -0.39 is 4.92 Å². The average molecular weight is 362 g/mol. The van der Waals surface area contributed by atoms with Crippen LogP contribution < -0.4 is 10.6 Å². The number of aromatic amines is 1. The predicted octanol–water partition coefficient (Wildman–Crippen LogP) is 2.30. The maximum atomic E-state index is 12.0. The molecule has 0 aliphatic heterocycles. The maximum Gasteiger partial charge on any atom is 0.292 e. The van der Waals surface area contributed by atoms with Crippen molar-refractivity contribution in [3.05, 3.63) is 45.0 Å². The number of carbonyl (C=O) groups excluding carboxylic acids is 1. The van der Waals surface area contributed by atoms with E-state index in [0.29, 0.717) is 35.4 Å². The van der Waals surface area contributed by atoms with Crippen molar-refractivity contribution < 1.29 is 9.72 Å². The smallest absolute Gasteiger partial charge is 0.292 e. The first kappa shape index (κ1) is 17.1. The first-order chi connectivity index (χ1) is 12.1. The number of nitrogens with zero attached hydrogens (tertiary/aromatic N) is 3. The lowest BCUT2D eigenvalue weighted by molar-refractivity contribution is -0.384. The van der Waals surface area contributed by atoms with Crippen molar-refractivity contribution in [2.75, 3.05) is 11.9 Å². The van der Waals surface area contributed by atoms with Crippen LogP contribution in [0.1, 0.15) is 31.1 Å². The molecule has 1 saturated carbocycles. The lowest BCUT2D eigenvalue weighted by Gasteiger charge is -2.08. The molecule has 1 aliphatic rings. The highest BCUT2D eigenvalue weighted by Gasteiger charge is 2.27. The zero-order chi connectivity index (χ0) is 17.8. The number of nitro groups is 1. The highest BCUT2D eigenvalue weighted by molar-refractivity contribution is 7.71. The standard InChI is InChI=1S/C15H18N6O3S/c22-14(7-8-16-11-3-1-2-4-12(11)21(23)24)17-9-13-18-19-15(25)20(13)10-5-6-10/h1-4,10,16H,5-9H2,(H,17,22)(H,19,25). The third kappa shape index (κ3) is 4.21. The molecule has 2 aromatic rings.